The molecule has 0 saturated heterocycles. The summed E-state index contributed by atoms with van der Waals surface area (Å²) in [4.78, 5) is 16.4. The van der Waals surface area contributed by atoms with Crippen LogP contribution >= 0.6 is 11.6 Å². The van der Waals surface area contributed by atoms with E-state index < -0.39 is 0 Å². The van der Waals surface area contributed by atoms with Crippen molar-refractivity contribution >= 4 is 23.3 Å². The molecule has 9 heteroatoms. The van der Waals surface area contributed by atoms with Gasteiger partial charge in [0.25, 0.3) is 5.91 Å². The fourth-order valence-electron chi connectivity index (χ4n) is 2.22. The molecule has 0 aliphatic heterocycles. The Morgan fingerprint density at radius 2 is 2.15 bits per heavy atom. The normalized spacial score (nSPS) is 10.8. The summed E-state index contributed by atoms with van der Waals surface area (Å²) in [6, 6.07) is 10.3. The maximum atomic E-state index is 12.4. The van der Waals surface area contributed by atoms with Crippen LogP contribution in [0.5, 0.6) is 5.75 Å². The maximum absolute atomic E-state index is 12.4. The van der Waals surface area contributed by atoms with Gasteiger partial charge in [0.1, 0.15) is 18.2 Å². The van der Waals surface area contributed by atoms with Gasteiger partial charge in [-0.2, -0.15) is 0 Å². The average molecular weight is 373 g/mol. The van der Waals surface area contributed by atoms with Gasteiger partial charge in [0, 0.05) is 11.8 Å². The van der Waals surface area contributed by atoms with E-state index in [1.807, 2.05) is 13.8 Å². The van der Waals surface area contributed by atoms with Crippen LogP contribution in [0.15, 0.2) is 42.6 Å². The van der Waals surface area contributed by atoms with Crippen LogP contribution in [-0.2, 0) is 6.61 Å². The maximum Gasteiger partial charge on any atom is 0.256 e. The number of hydrogen-bond acceptors (Lipinski definition) is 6. The highest BCUT2D eigenvalue weighted by Gasteiger charge is 2.11. The summed E-state index contributed by atoms with van der Waals surface area (Å²) in [6.07, 6.45) is 1.47. The first kappa shape index (κ1) is 17.8. The number of nitrogens with one attached hydrogen (secondary N) is 1. The van der Waals surface area contributed by atoms with Crippen molar-refractivity contribution in [1.29, 1.82) is 0 Å². The Bertz CT molecular complexity index is 894. The molecule has 0 aliphatic carbocycles. The molecule has 134 valence electrons. The van der Waals surface area contributed by atoms with E-state index in [1.54, 1.807) is 41.1 Å². The molecular formula is C17H17ClN6O2. The zero-order valence-electron chi connectivity index (χ0n) is 14.3. The topological polar surface area (TPSA) is 94.8 Å². The Labute approximate surface area is 155 Å². The van der Waals surface area contributed by atoms with Gasteiger partial charge < -0.3 is 10.1 Å². The van der Waals surface area contributed by atoms with Crippen molar-refractivity contribution in [2.24, 2.45) is 0 Å². The van der Waals surface area contributed by atoms with Crippen LogP contribution in [0.1, 0.15) is 36.1 Å². The minimum absolute atomic E-state index is 0.132. The van der Waals surface area contributed by atoms with Crippen LogP contribution in [0, 0.1) is 0 Å². The van der Waals surface area contributed by atoms with Crippen LogP contribution in [0.25, 0.3) is 0 Å². The molecule has 3 rings (SSSR count). The molecular weight excluding hydrogens is 356 g/mol. The second-order valence-corrected chi connectivity index (χ2v) is 6.20. The third-order valence-corrected chi connectivity index (χ3v) is 3.71. The first-order valence-electron chi connectivity index (χ1n) is 7.95. The smallest absolute Gasteiger partial charge is 0.256 e. The van der Waals surface area contributed by atoms with Gasteiger partial charge in [-0.25, -0.2) is 9.67 Å². The van der Waals surface area contributed by atoms with E-state index in [2.05, 4.69) is 25.8 Å². The van der Waals surface area contributed by atoms with E-state index in [-0.39, 0.29) is 18.6 Å². The number of aromatic nitrogens is 5. The molecule has 0 aliphatic rings. The van der Waals surface area contributed by atoms with Crippen molar-refractivity contribution in [2.75, 3.05) is 5.32 Å². The van der Waals surface area contributed by atoms with Crippen LogP contribution in [0.4, 0.5) is 5.82 Å². The van der Waals surface area contributed by atoms with Crippen LogP contribution in [0.3, 0.4) is 0 Å². The standard InChI is InChI=1S/C17H17ClN6O2/c1-11(2)24-16(21-22-23-24)10-26-14-5-3-4-12(8-14)17(25)20-15-7-6-13(18)9-19-15/h3-9,11H,10H2,1-2H3,(H,19,20,25). The molecule has 2 heterocycles. The van der Waals surface area contributed by atoms with Crippen molar-refractivity contribution in [2.45, 2.75) is 26.5 Å². The number of halogens is 1. The molecule has 0 saturated carbocycles. The molecule has 2 aromatic heterocycles. The molecule has 1 aromatic carbocycles. The molecule has 26 heavy (non-hydrogen) atoms. The monoisotopic (exact) mass is 372 g/mol. The SMILES string of the molecule is CC(C)n1nnnc1COc1cccc(C(=O)Nc2ccc(Cl)cn2)c1. The largest absolute Gasteiger partial charge is 0.486 e. The Hall–Kier alpha value is -3.00. The van der Waals surface area contributed by atoms with E-state index in [1.165, 1.54) is 6.20 Å². The summed E-state index contributed by atoms with van der Waals surface area (Å²) in [5, 5.41) is 14.7. The average Bonchev–Trinajstić information content (AvgIpc) is 3.11. The van der Waals surface area contributed by atoms with Gasteiger partial charge in [0.15, 0.2) is 5.82 Å². The molecule has 0 atom stereocenters. The lowest BCUT2D eigenvalue weighted by Gasteiger charge is -2.10. The van der Waals surface area contributed by atoms with Gasteiger partial charge in [-0.1, -0.05) is 17.7 Å². The number of pyridine rings is 1. The first-order chi connectivity index (χ1) is 12.5. The minimum Gasteiger partial charge on any atom is -0.486 e. The Kier molecular flexibility index (Phi) is 5.43. The van der Waals surface area contributed by atoms with Gasteiger partial charge in [-0.05, 0) is 54.6 Å². The number of carbonyl (C=O) groups excluding carboxylic acids is 1. The fraction of sp³-hybridized carbons (Fsp3) is 0.235. The number of anilines is 1. The molecule has 0 spiro atoms. The zero-order chi connectivity index (χ0) is 18.5. The van der Waals surface area contributed by atoms with Crippen LogP contribution in [-0.4, -0.2) is 31.1 Å². The third kappa shape index (κ3) is 4.34. The van der Waals surface area contributed by atoms with Crippen molar-refractivity contribution in [3.8, 4) is 5.75 Å². The second kappa shape index (κ2) is 7.92. The summed E-state index contributed by atoms with van der Waals surface area (Å²) in [5.74, 6) is 1.28. The fourth-order valence-corrected chi connectivity index (χ4v) is 2.33. The quantitative estimate of drug-likeness (QED) is 0.714. The number of ether oxygens (including phenoxy) is 1. The number of rotatable bonds is 6. The predicted molar refractivity (Wildman–Crippen MR) is 96.2 cm³/mol. The van der Waals surface area contributed by atoms with Crippen molar-refractivity contribution in [3.05, 3.63) is 59.0 Å². The molecule has 1 amide bonds. The Balaban J connectivity index is 1.66. The number of hydrogen-bond donors (Lipinski definition) is 1. The number of amides is 1. The summed E-state index contributed by atoms with van der Waals surface area (Å²) in [7, 11) is 0. The highest BCUT2D eigenvalue weighted by molar-refractivity contribution is 6.30. The highest BCUT2D eigenvalue weighted by atomic mass is 35.5. The van der Waals surface area contributed by atoms with Crippen molar-refractivity contribution < 1.29 is 9.53 Å². The van der Waals surface area contributed by atoms with Gasteiger partial charge >= 0.3 is 0 Å². The summed E-state index contributed by atoms with van der Waals surface area (Å²) < 4.78 is 7.40. The Morgan fingerprint density at radius 1 is 1.31 bits per heavy atom. The molecule has 0 unspecified atom stereocenters. The van der Waals surface area contributed by atoms with Crippen molar-refractivity contribution in [1.82, 2.24) is 25.2 Å². The van der Waals surface area contributed by atoms with E-state index >= 15 is 0 Å². The number of benzene rings is 1. The van der Waals surface area contributed by atoms with Crippen molar-refractivity contribution in [3.63, 3.8) is 0 Å². The Morgan fingerprint density at radius 3 is 2.88 bits per heavy atom. The van der Waals surface area contributed by atoms with E-state index in [9.17, 15) is 4.79 Å². The number of tetrazole rings is 1. The molecule has 3 aromatic rings. The van der Waals surface area contributed by atoms with Gasteiger partial charge in [-0.15, -0.1) is 5.10 Å². The summed E-state index contributed by atoms with van der Waals surface area (Å²) in [5.41, 5.74) is 0.447. The molecule has 0 radical (unpaired) electrons. The molecule has 1 N–H and O–H groups in total. The number of nitrogens with zero attached hydrogens (tertiary/aromatic N) is 5. The predicted octanol–water partition coefficient (Wildman–Crippen LogP) is 3.13. The lowest BCUT2D eigenvalue weighted by molar-refractivity contribution is 0.102. The van der Waals surface area contributed by atoms with E-state index in [0.717, 1.165) is 0 Å². The highest BCUT2D eigenvalue weighted by Crippen LogP contribution is 2.17. The molecule has 8 nitrogen and oxygen atoms in total. The van der Waals surface area contributed by atoms with E-state index in [4.69, 9.17) is 16.3 Å². The van der Waals surface area contributed by atoms with Gasteiger partial charge in [-0.3, -0.25) is 4.79 Å². The number of carbonyl (C=O) groups is 1. The van der Waals surface area contributed by atoms with Gasteiger partial charge in [0.2, 0.25) is 0 Å². The minimum atomic E-state index is -0.294. The van der Waals surface area contributed by atoms with E-state index in [0.29, 0.717) is 28.0 Å². The lowest BCUT2D eigenvalue weighted by Crippen LogP contribution is -2.13. The zero-order valence-corrected chi connectivity index (χ0v) is 15.0. The first-order valence-corrected chi connectivity index (χ1v) is 8.33. The van der Waals surface area contributed by atoms with Crippen LogP contribution in [0.2, 0.25) is 5.02 Å². The van der Waals surface area contributed by atoms with Gasteiger partial charge in [0.05, 0.1) is 11.1 Å². The summed E-state index contributed by atoms with van der Waals surface area (Å²) >= 11 is 5.79. The molecule has 0 bridgehead atoms. The second-order valence-electron chi connectivity index (χ2n) is 5.77. The van der Waals surface area contributed by atoms with Crippen LogP contribution < -0.4 is 10.1 Å². The molecule has 0 fully saturated rings. The lowest BCUT2D eigenvalue weighted by atomic mass is 10.2. The summed E-state index contributed by atoms with van der Waals surface area (Å²) in [6.45, 7) is 4.17. The third-order valence-electron chi connectivity index (χ3n) is 3.48.